The number of ketones is 2. The number of amides is 4. The Labute approximate surface area is 441 Å². The van der Waals surface area contributed by atoms with Gasteiger partial charge in [-0.05, 0) is 112 Å². The van der Waals surface area contributed by atoms with Crippen LogP contribution in [0, 0.1) is 23.7 Å². The first-order valence-corrected chi connectivity index (χ1v) is 28.0. The topological polar surface area (TPSA) is 209 Å². The van der Waals surface area contributed by atoms with Crippen molar-refractivity contribution in [3.63, 3.8) is 0 Å². The van der Waals surface area contributed by atoms with E-state index < -0.39 is 34.2 Å². The highest BCUT2D eigenvalue weighted by Crippen LogP contribution is 2.71. The molecule has 8 aliphatic rings. The minimum atomic E-state index is -1.59. The average Bonchev–Trinajstić information content (AvgIpc) is 3.95. The largest absolute Gasteiger partial charge is 0.506 e. The molecule has 9 rings (SSSR count). The molecule has 1 aromatic rings. The van der Waals surface area contributed by atoms with E-state index in [0.29, 0.717) is 93.0 Å². The summed E-state index contributed by atoms with van der Waals surface area (Å²) in [6.45, 7) is 20.5. The van der Waals surface area contributed by atoms with Crippen molar-refractivity contribution in [2.75, 3.05) is 58.5 Å². The van der Waals surface area contributed by atoms with Crippen LogP contribution in [0.3, 0.4) is 0 Å². The van der Waals surface area contributed by atoms with Crippen molar-refractivity contribution in [3.8, 4) is 17.2 Å². The quantitative estimate of drug-likeness (QED) is 0.0279. The number of aromatic hydroxyl groups is 1. The minimum absolute atomic E-state index is 0.00598. The predicted molar refractivity (Wildman–Crippen MR) is 284 cm³/mol. The van der Waals surface area contributed by atoms with E-state index in [1.807, 2.05) is 65.5 Å². The molecule has 17 heteroatoms. The molecule has 74 heavy (non-hydrogen) atoms. The number of Topliss-reactive ketones (excluding diaryl/α,β-unsaturated/α-hetero) is 2. The maximum Gasteiger partial charge on any atom is 0.315 e. The van der Waals surface area contributed by atoms with E-state index in [2.05, 4.69) is 47.3 Å². The van der Waals surface area contributed by atoms with Gasteiger partial charge in [0.1, 0.15) is 28.4 Å². The lowest BCUT2D eigenvalue weighted by molar-refractivity contribution is -0.209. The van der Waals surface area contributed by atoms with Gasteiger partial charge in [0, 0.05) is 59.9 Å². The summed E-state index contributed by atoms with van der Waals surface area (Å²) in [6, 6.07) is 0.327. The van der Waals surface area contributed by atoms with Crippen LogP contribution in [0.2, 0.25) is 0 Å². The van der Waals surface area contributed by atoms with Crippen LogP contribution in [0.1, 0.15) is 135 Å². The number of hydrogen-bond donors (Lipinski definition) is 5. The van der Waals surface area contributed by atoms with E-state index in [-0.39, 0.29) is 90.0 Å². The minimum Gasteiger partial charge on any atom is -0.506 e. The molecule has 1 spiro atoms. The van der Waals surface area contributed by atoms with Gasteiger partial charge in [0.15, 0.2) is 22.8 Å². The van der Waals surface area contributed by atoms with Crippen LogP contribution in [-0.2, 0) is 39.8 Å². The monoisotopic (exact) mass is 1040 g/mol. The maximum absolute atomic E-state index is 15.4. The number of phenolic OH excluding ortho intramolecular Hbond substituents is 1. The fourth-order valence-electron chi connectivity index (χ4n) is 12.7. The van der Waals surface area contributed by atoms with Gasteiger partial charge >= 0.3 is 6.03 Å². The molecule has 5 N–H and O–H groups in total. The molecule has 10 atom stereocenters. The summed E-state index contributed by atoms with van der Waals surface area (Å²) in [5.41, 5.74) is -0.694. The Bertz CT molecular complexity index is 2460. The smallest absolute Gasteiger partial charge is 0.315 e. The van der Waals surface area contributed by atoms with Crippen LogP contribution in [0.15, 0.2) is 41.0 Å². The lowest BCUT2D eigenvalue weighted by Gasteiger charge is -2.62. The third-order valence-electron chi connectivity index (χ3n) is 16.4. The molecule has 4 bridgehead atoms. The number of fused-ring (bicyclic) bond motifs is 3. The number of allylic oxidation sites excluding steroid dienone is 4. The van der Waals surface area contributed by atoms with Crippen LogP contribution < -0.4 is 30.7 Å². The number of thioether (sulfide) groups is 1. The first-order valence-electron chi connectivity index (χ1n) is 26.9. The van der Waals surface area contributed by atoms with Crippen molar-refractivity contribution in [2.24, 2.45) is 23.7 Å². The summed E-state index contributed by atoms with van der Waals surface area (Å²) < 4.78 is 38.3. The van der Waals surface area contributed by atoms with Gasteiger partial charge in [-0.1, -0.05) is 42.7 Å². The number of urea groups is 1. The number of benzene rings is 1. The van der Waals surface area contributed by atoms with Crippen molar-refractivity contribution in [1.29, 1.82) is 0 Å². The third-order valence-corrected chi connectivity index (χ3v) is 17.9. The third kappa shape index (κ3) is 11.0. The van der Waals surface area contributed by atoms with Crippen molar-refractivity contribution < 1.29 is 57.5 Å². The van der Waals surface area contributed by atoms with Crippen LogP contribution in [0.5, 0.6) is 17.2 Å². The Morgan fingerprint density at radius 3 is 2.27 bits per heavy atom. The van der Waals surface area contributed by atoms with Gasteiger partial charge in [0.2, 0.25) is 11.8 Å². The summed E-state index contributed by atoms with van der Waals surface area (Å²) in [4.78, 5) is 67.8. The normalized spacial score (nSPS) is 30.5. The Balaban J connectivity index is 0.823. The number of carbonyl (C=O) groups excluding carboxylic acids is 5. The molecule has 6 fully saturated rings. The number of carbonyl (C=O) groups is 5. The fourth-order valence-corrected chi connectivity index (χ4v) is 14.2. The molecular formula is C57H80N4O12S. The number of nitrogens with one attached hydrogen (secondary N) is 4. The number of hydrogen-bond acceptors (Lipinski definition) is 13. The molecule has 5 aliphatic heterocycles. The molecule has 4 amide bonds. The van der Waals surface area contributed by atoms with E-state index in [0.717, 1.165) is 37.0 Å². The van der Waals surface area contributed by atoms with Gasteiger partial charge in [-0.3, -0.25) is 19.2 Å². The molecule has 5 heterocycles. The van der Waals surface area contributed by atoms with Gasteiger partial charge in [-0.2, -0.15) is 11.8 Å². The van der Waals surface area contributed by atoms with Crippen LogP contribution >= 0.6 is 11.8 Å². The molecule has 16 nitrogen and oxygen atoms in total. The Morgan fingerprint density at radius 2 is 1.57 bits per heavy atom. The van der Waals surface area contributed by atoms with Crippen molar-refractivity contribution >= 4 is 47.2 Å². The summed E-state index contributed by atoms with van der Waals surface area (Å²) in [5, 5.41) is 24.3. The van der Waals surface area contributed by atoms with Gasteiger partial charge < -0.3 is 54.8 Å². The second kappa shape index (κ2) is 22.9. The molecule has 406 valence electrons. The van der Waals surface area contributed by atoms with Crippen molar-refractivity contribution in [3.05, 3.63) is 57.7 Å². The number of unbranched alkanes of at least 4 members (excludes halogenated alkanes) is 1. The zero-order chi connectivity index (χ0) is 53.2. The van der Waals surface area contributed by atoms with Crippen LogP contribution in [-0.4, -0.2) is 133 Å². The zero-order valence-electron chi connectivity index (χ0n) is 45.0. The number of phenols is 1. The van der Waals surface area contributed by atoms with Crippen molar-refractivity contribution in [1.82, 2.24) is 21.3 Å². The van der Waals surface area contributed by atoms with E-state index in [1.54, 1.807) is 13.0 Å². The maximum atomic E-state index is 15.4. The number of rotatable bonds is 25. The van der Waals surface area contributed by atoms with Gasteiger partial charge in [-0.15, -0.1) is 0 Å². The van der Waals surface area contributed by atoms with Crippen LogP contribution in [0.4, 0.5) is 4.79 Å². The molecule has 0 radical (unpaired) electrons. The SMILES string of the molecule is CC(C)=CCCC1(C)C=Cc2c(O)c3c(c(CC=C(C)C)c2O1)OC12C(C3=O)C(C)C3CC1C(C)(C)OC2(CC=C(C)C(=O)NCCOCCOCCOCCNC(=O)CCCCC1SC[C@H]2NC(=O)N[C@@H]12)C3=O. The second-order valence-electron chi connectivity index (χ2n) is 22.6. The van der Waals surface area contributed by atoms with Crippen LogP contribution in [0.25, 0.3) is 6.08 Å². The summed E-state index contributed by atoms with van der Waals surface area (Å²) in [5.74, 6) is -1.24. The lowest BCUT2D eigenvalue weighted by Crippen LogP contribution is -2.78. The van der Waals surface area contributed by atoms with E-state index in [9.17, 15) is 19.5 Å². The first kappa shape index (κ1) is 55.5. The average molecular weight is 1050 g/mol. The highest BCUT2D eigenvalue weighted by Gasteiger charge is 2.84. The Morgan fingerprint density at radius 1 is 0.878 bits per heavy atom. The van der Waals surface area contributed by atoms with Gasteiger partial charge in [-0.25, -0.2) is 4.79 Å². The van der Waals surface area contributed by atoms with E-state index >= 15 is 9.59 Å². The summed E-state index contributed by atoms with van der Waals surface area (Å²) in [6.07, 6.45) is 15.4. The van der Waals surface area contributed by atoms with Gasteiger partial charge in [0.25, 0.3) is 0 Å². The highest BCUT2D eigenvalue weighted by molar-refractivity contribution is 8.00. The Hall–Kier alpha value is -4.68. The second-order valence-corrected chi connectivity index (χ2v) is 23.9. The number of ether oxygens (including phenoxy) is 6. The Kier molecular flexibility index (Phi) is 17.2. The highest BCUT2D eigenvalue weighted by atomic mass is 32.2. The molecule has 0 aromatic heterocycles. The zero-order valence-corrected chi connectivity index (χ0v) is 45.8. The molecule has 8 unspecified atom stereocenters. The van der Waals surface area contributed by atoms with E-state index in [1.165, 1.54) is 5.57 Å². The molecule has 3 saturated heterocycles. The standard InChI is InChI=1S/C57H80N4O12S/c1-33(2)13-12-20-55(9)21-19-37-47(63)44-48(64)45-36(6)39-31-42-54(7,8)73-56(51(39)65,57(42,45)72-50(44)38(49(37)71-55)17-16-34(3)4)22-18-35(5)52(66)59-24-26-69-28-30-70-29-27-68-25-23-58-43(62)15-11-10-14-41-46-40(32-74-41)60-53(67)61-46/h13,16,18-19,21,36,39-42,45-46,63H,10-12,14-15,17,20,22-32H2,1-9H3,(H,58,62)(H,59,66)(H2,60,61,67)/t36?,39?,40-,41?,42?,45?,46-,55?,56?,57?/m1/s1. The molecule has 1 aromatic carbocycles. The summed E-state index contributed by atoms with van der Waals surface area (Å²) >= 11 is 1.89. The predicted octanol–water partition coefficient (Wildman–Crippen LogP) is 7.49. The molecule has 3 saturated carbocycles. The molecule has 3 aliphatic carbocycles. The van der Waals surface area contributed by atoms with Gasteiger partial charge in [0.05, 0.1) is 68.8 Å². The van der Waals surface area contributed by atoms with Crippen molar-refractivity contribution in [2.45, 2.75) is 160 Å². The first-order chi connectivity index (χ1) is 35.2. The summed E-state index contributed by atoms with van der Waals surface area (Å²) in [7, 11) is 0. The van der Waals surface area contributed by atoms with E-state index in [4.69, 9.17) is 28.4 Å². The molecular weight excluding hydrogens is 965 g/mol. The fraction of sp³-hybridized carbons (Fsp3) is 0.667. The lowest BCUT2D eigenvalue weighted by atomic mass is 9.43.